The van der Waals surface area contributed by atoms with Crippen molar-refractivity contribution in [2.75, 3.05) is 7.11 Å². The Morgan fingerprint density at radius 2 is 2.50 bits per heavy atom. The summed E-state index contributed by atoms with van der Waals surface area (Å²) in [6.07, 6.45) is 3.36. The number of nitrogens with two attached hydrogens (primary N) is 1. The van der Waals surface area contributed by atoms with Crippen molar-refractivity contribution >= 4 is 5.97 Å². The number of hydrogen-bond acceptors (Lipinski definition) is 4. The summed E-state index contributed by atoms with van der Waals surface area (Å²) in [5.74, 6) is -0.467. The van der Waals surface area contributed by atoms with Crippen molar-refractivity contribution in [3.63, 3.8) is 0 Å². The molecule has 0 heterocycles. The molecule has 1 aliphatic carbocycles. The number of ether oxygens (including phenoxy) is 1. The first-order valence-corrected chi connectivity index (χ1v) is 3.80. The molecule has 2 unspecified atom stereocenters. The number of hydrogen-bond donors (Lipinski definition) is 2. The van der Waals surface area contributed by atoms with Crippen LogP contribution in [0.3, 0.4) is 0 Å². The fraction of sp³-hybridized carbons (Fsp3) is 0.625. The molecule has 1 rings (SSSR count). The molecule has 0 saturated heterocycles. The van der Waals surface area contributed by atoms with Gasteiger partial charge in [0.25, 0.3) is 0 Å². The quantitative estimate of drug-likeness (QED) is 0.414. The number of aliphatic hydroxyl groups excluding tert-OH is 1. The van der Waals surface area contributed by atoms with E-state index in [-0.39, 0.29) is 6.42 Å². The molecular formula is C8H13NO3. The molecule has 0 amide bonds. The van der Waals surface area contributed by atoms with Gasteiger partial charge in [0.05, 0.1) is 13.2 Å². The Kier molecular flexibility index (Phi) is 2.49. The van der Waals surface area contributed by atoms with Gasteiger partial charge in [0.1, 0.15) is 5.54 Å². The number of carbonyl (C=O) groups excluding carboxylic acids is 1. The number of carbonyl (C=O) groups is 1. The summed E-state index contributed by atoms with van der Waals surface area (Å²) in [7, 11) is 1.29. The second-order valence-corrected chi connectivity index (χ2v) is 3.05. The van der Waals surface area contributed by atoms with Crippen molar-refractivity contribution in [2.24, 2.45) is 5.73 Å². The molecule has 12 heavy (non-hydrogen) atoms. The Hall–Kier alpha value is -0.870. The van der Waals surface area contributed by atoms with Crippen molar-refractivity contribution < 1.29 is 14.6 Å². The Morgan fingerprint density at radius 1 is 1.83 bits per heavy atom. The predicted octanol–water partition coefficient (Wildman–Crippen LogP) is -0.432. The normalized spacial score (nSPS) is 34.8. The maximum atomic E-state index is 11.1. The number of methoxy groups -OCH3 is 1. The Morgan fingerprint density at radius 3 is 3.00 bits per heavy atom. The third-order valence-corrected chi connectivity index (χ3v) is 2.01. The fourth-order valence-electron chi connectivity index (χ4n) is 1.33. The minimum absolute atomic E-state index is 0.232. The topological polar surface area (TPSA) is 72.5 Å². The molecular weight excluding hydrogens is 158 g/mol. The van der Waals surface area contributed by atoms with Crippen molar-refractivity contribution in [1.82, 2.24) is 0 Å². The second kappa shape index (κ2) is 3.25. The lowest BCUT2D eigenvalue weighted by Gasteiger charge is -2.29. The summed E-state index contributed by atoms with van der Waals surface area (Å²) in [5, 5.41) is 9.21. The summed E-state index contributed by atoms with van der Waals surface area (Å²) in [6.45, 7) is 0. The van der Waals surface area contributed by atoms with Crippen molar-refractivity contribution in [2.45, 2.75) is 24.5 Å². The van der Waals surface area contributed by atoms with E-state index >= 15 is 0 Å². The molecule has 0 spiro atoms. The first-order chi connectivity index (χ1) is 5.58. The minimum Gasteiger partial charge on any atom is -0.468 e. The molecule has 2 atom stereocenters. The van der Waals surface area contributed by atoms with Gasteiger partial charge in [-0.1, -0.05) is 12.2 Å². The highest BCUT2D eigenvalue weighted by Gasteiger charge is 2.37. The maximum Gasteiger partial charge on any atom is 0.326 e. The van der Waals surface area contributed by atoms with Gasteiger partial charge in [-0.3, -0.25) is 4.79 Å². The average Bonchev–Trinajstić information content (AvgIpc) is 2.02. The van der Waals surface area contributed by atoms with Crippen LogP contribution in [0.4, 0.5) is 0 Å². The molecule has 1 aliphatic rings. The van der Waals surface area contributed by atoms with E-state index in [0.717, 1.165) is 0 Å². The van der Waals surface area contributed by atoms with Gasteiger partial charge >= 0.3 is 5.97 Å². The molecule has 0 bridgehead atoms. The SMILES string of the molecule is COC(=O)C1(N)CC=CC(O)C1. The largest absolute Gasteiger partial charge is 0.468 e. The van der Waals surface area contributed by atoms with Gasteiger partial charge in [-0.2, -0.15) is 0 Å². The summed E-state index contributed by atoms with van der Waals surface area (Å²) < 4.78 is 4.53. The zero-order valence-corrected chi connectivity index (χ0v) is 6.99. The molecule has 0 aromatic rings. The molecule has 68 valence electrons. The van der Waals surface area contributed by atoms with Crippen LogP contribution in [0.1, 0.15) is 12.8 Å². The third-order valence-electron chi connectivity index (χ3n) is 2.01. The Balaban J connectivity index is 2.72. The van der Waals surface area contributed by atoms with Gasteiger partial charge in [0, 0.05) is 6.42 Å². The van der Waals surface area contributed by atoms with Crippen molar-refractivity contribution in [3.8, 4) is 0 Å². The molecule has 4 heteroatoms. The monoisotopic (exact) mass is 171 g/mol. The van der Waals surface area contributed by atoms with Gasteiger partial charge < -0.3 is 15.6 Å². The van der Waals surface area contributed by atoms with Gasteiger partial charge in [-0.15, -0.1) is 0 Å². The standard InChI is InChI=1S/C8H13NO3/c1-12-7(11)8(9)4-2-3-6(10)5-8/h2-3,6,10H,4-5,9H2,1H3. The highest BCUT2D eigenvalue weighted by atomic mass is 16.5. The van der Waals surface area contributed by atoms with E-state index in [0.29, 0.717) is 6.42 Å². The summed E-state index contributed by atoms with van der Waals surface area (Å²) in [5.41, 5.74) is 4.68. The van der Waals surface area contributed by atoms with E-state index in [1.165, 1.54) is 7.11 Å². The van der Waals surface area contributed by atoms with E-state index < -0.39 is 17.6 Å². The summed E-state index contributed by atoms with van der Waals surface area (Å²) in [4.78, 5) is 11.1. The highest BCUT2D eigenvalue weighted by molar-refractivity contribution is 5.81. The van der Waals surface area contributed by atoms with Gasteiger partial charge in [-0.25, -0.2) is 0 Å². The molecule has 0 radical (unpaired) electrons. The van der Waals surface area contributed by atoms with Gasteiger partial charge in [-0.05, 0) is 6.42 Å². The molecule has 3 N–H and O–H groups in total. The first kappa shape index (κ1) is 9.22. The van der Waals surface area contributed by atoms with Crippen LogP contribution in [0.2, 0.25) is 0 Å². The first-order valence-electron chi connectivity index (χ1n) is 3.80. The van der Waals surface area contributed by atoms with Crippen LogP contribution in [0.5, 0.6) is 0 Å². The van der Waals surface area contributed by atoms with Gasteiger partial charge in [0.2, 0.25) is 0 Å². The smallest absolute Gasteiger partial charge is 0.326 e. The molecule has 0 fully saturated rings. The Bertz CT molecular complexity index is 214. The van der Waals surface area contributed by atoms with Crippen LogP contribution in [-0.2, 0) is 9.53 Å². The molecule has 4 nitrogen and oxygen atoms in total. The van der Waals surface area contributed by atoms with E-state index in [4.69, 9.17) is 5.73 Å². The number of esters is 1. The lowest BCUT2D eigenvalue weighted by atomic mass is 9.85. The lowest BCUT2D eigenvalue weighted by molar-refractivity contribution is -0.148. The van der Waals surface area contributed by atoms with E-state index in [1.54, 1.807) is 12.2 Å². The zero-order chi connectivity index (χ0) is 9.19. The molecule has 0 aliphatic heterocycles. The zero-order valence-electron chi connectivity index (χ0n) is 6.99. The molecule has 0 aromatic carbocycles. The van der Waals surface area contributed by atoms with Crippen LogP contribution in [0.15, 0.2) is 12.2 Å². The summed E-state index contributed by atoms with van der Waals surface area (Å²) >= 11 is 0. The predicted molar refractivity (Wildman–Crippen MR) is 43.3 cm³/mol. The van der Waals surface area contributed by atoms with Crippen LogP contribution in [0, 0.1) is 0 Å². The Labute approximate surface area is 71.0 Å². The highest BCUT2D eigenvalue weighted by Crippen LogP contribution is 2.22. The van der Waals surface area contributed by atoms with E-state index in [9.17, 15) is 9.90 Å². The lowest BCUT2D eigenvalue weighted by Crippen LogP contribution is -2.51. The fourth-order valence-corrected chi connectivity index (χ4v) is 1.33. The summed E-state index contributed by atoms with van der Waals surface area (Å²) in [6, 6.07) is 0. The average molecular weight is 171 g/mol. The number of aliphatic hydroxyl groups is 1. The minimum atomic E-state index is -1.04. The van der Waals surface area contributed by atoms with E-state index in [2.05, 4.69) is 4.74 Å². The second-order valence-electron chi connectivity index (χ2n) is 3.05. The van der Waals surface area contributed by atoms with Gasteiger partial charge in [0.15, 0.2) is 0 Å². The van der Waals surface area contributed by atoms with Crippen LogP contribution in [0.25, 0.3) is 0 Å². The van der Waals surface area contributed by atoms with Crippen LogP contribution < -0.4 is 5.73 Å². The number of rotatable bonds is 1. The maximum absolute atomic E-state index is 11.1. The van der Waals surface area contributed by atoms with Crippen LogP contribution in [-0.4, -0.2) is 29.8 Å². The third kappa shape index (κ3) is 1.65. The molecule has 0 saturated carbocycles. The van der Waals surface area contributed by atoms with Crippen LogP contribution >= 0.6 is 0 Å². The van der Waals surface area contributed by atoms with E-state index in [1.807, 2.05) is 0 Å². The van der Waals surface area contributed by atoms with Crippen molar-refractivity contribution in [3.05, 3.63) is 12.2 Å². The molecule has 0 aromatic heterocycles. The van der Waals surface area contributed by atoms with Crippen molar-refractivity contribution in [1.29, 1.82) is 0 Å².